The minimum absolute atomic E-state index is 0.253. The molecule has 5 heteroatoms. The highest BCUT2D eigenvalue weighted by atomic mass is 35.5. The summed E-state index contributed by atoms with van der Waals surface area (Å²) in [5.41, 5.74) is 4.12. The van der Waals surface area contributed by atoms with Crippen molar-refractivity contribution < 1.29 is 14.3 Å². The molecule has 0 N–H and O–H groups in total. The number of hydrogen-bond acceptors (Lipinski definition) is 4. The van der Waals surface area contributed by atoms with E-state index in [-0.39, 0.29) is 11.6 Å². The molecule has 0 fully saturated rings. The van der Waals surface area contributed by atoms with E-state index in [1.807, 2.05) is 24.3 Å². The number of aliphatic imine (C=N–C) groups is 1. The summed E-state index contributed by atoms with van der Waals surface area (Å²) in [6.07, 6.45) is 1.69. The maximum atomic E-state index is 12.1. The molecule has 0 aromatic heterocycles. The Kier molecular flexibility index (Phi) is 5.45. The number of carbonyl (C=O) groups excluding carboxylic acids is 1. The van der Waals surface area contributed by atoms with Gasteiger partial charge in [-0.25, -0.2) is 9.79 Å². The number of rotatable bonds is 5. The Morgan fingerprint density at radius 1 is 0.966 bits per heavy atom. The zero-order valence-electron chi connectivity index (χ0n) is 15.8. The molecule has 1 aliphatic heterocycles. The van der Waals surface area contributed by atoms with Crippen LogP contribution < -0.4 is 4.74 Å². The summed E-state index contributed by atoms with van der Waals surface area (Å²) in [4.78, 5) is 16.4. The van der Waals surface area contributed by atoms with Gasteiger partial charge in [0.1, 0.15) is 12.4 Å². The molecule has 0 atom stereocenters. The highest BCUT2D eigenvalue weighted by molar-refractivity contribution is 6.30. The van der Waals surface area contributed by atoms with Crippen LogP contribution in [-0.4, -0.2) is 11.9 Å². The number of hydrogen-bond donors (Lipinski definition) is 0. The lowest BCUT2D eigenvalue weighted by atomic mass is 10.1. The summed E-state index contributed by atoms with van der Waals surface area (Å²) in [5, 5.41) is 0.610. The van der Waals surface area contributed by atoms with Crippen LogP contribution >= 0.6 is 11.6 Å². The number of ether oxygens (including phenoxy) is 2. The lowest BCUT2D eigenvalue weighted by molar-refractivity contribution is -0.129. The number of esters is 1. The molecule has 1 heterocycles. The van der Waals surface area contributed by atoms with Gasteiger partial charge in [-0.3, -0.25) is 0 Å². The van der Waals surface area contributed by atoms with Crippen LogP contribution in [0.1, 0.15) is 22.3 Å². The monoisotopic (exact) mass is 403 g/mol. The molecule has 0 bridgehead atoms. The first-order valence-electron chi connectivity index (χ1n) is 9.14. The van der Waals surface area contributed by atoms with Gasteiger partial charge in [-0.15, -0.1) is 0 Å². The predicted octanol–water partition coefficient (Wildman–Crippen LogP) is 5.57. The first-order chi connectivity index (χ1) is 14.1. The lowest BCUT2D eigenvalue weighted by Gasteiger charge is -2.07. The fourth-order valence-corrected chi connectivity index (χ4v) is 2.92. The molecule has 29 heavy (non-hydrogen) atoms. The van der Waals surface area contributed by atoms with Crippen LogP contribution in [0, 0.1) is 6.92 Å². The van der Waals surface area contributed by atoms with Gasteiger partial charge in [0.15, 0.2) is 5.70 Å². The second kappa shape index (κ2) is 8.33. The van der Waals surface area contributed by atoms with E-state index in [0.717, 1.165) is 16.9 Å². The molecule has 4 rings (SSSR count). The fourth-order valence-electron chi connectivity index (χ4n) is 2.79. The summed E-state index contributed by atoms with van der Waals surface area (Å²) in [5.74, 6) is 0.553. The van der Waals surface area contributed by atoms with Crippen molar-refractivity contribution in [3.63, 3.8) is 0 Å². The Morgan fingerprint density at radius 2 is 1.66 bits per heavy atom. The first kappa shape index (κ1) is 19.0. The third-order valence-electron chi connectivity index (χ3n) is 4.42. The van der Waals surface area contributed by atoms with E-state index in [9.17, 15) is 4.79 Å². The Hall–Kier alpha value is -3.37. The maximum absolute atomic E-state index is 12.1. The van der Waals surface area contributed by atoms with Crippen molar-refractivity contribution >= 4 is 29.5 Å². The lowest BCUT2D eigenvalue weighted by Crippen LogP contribution is -2.05. The smallest absolute Gasteiger partial charge is 0.363 e. The largest absolute Gasteiger partial charge is 0.489 e. The Balaban J connectivity index is 1.44. The molecule has 0 amide bonds. The van der Waals surface area contributed by atoms with Crippen molar-refractivity contribution in [3.05, 3.63) is 106 Å². The number of halogens is 1. The van der Waals surface area contributed by atoms with E-state index < -0.39 is 5.97 Å². The average molecular weight is 404 g/mol. The summed E-state index contributed by atoms with van der Waals surface area (Å²) in [6, 6.07) is 22.7. The Morgan fingerprint density at radius 3 is 2.34 bits per heavy atom. The molecule has 3 aromatic carbocycles. The summed E-state index contributed by atoms with van der Waals surface area (Å²) < 4.78 is 11.1. The van der Waals surface area contributed by atoms with Crippen molar-refractivity contribution in [2.75, 3.05) is 0 Å². The molecule has 0 radical (unpaired) electrons. The summed E-state index contributed by atoms with van der Waals surface area (Å²) in [7, 11) is 0. The van der Waals surface area contributed by atoms with Gasteiger partial charge in [0.25, 0.3) is 0 Å². The number of cyclic esters (lactones) is 1. The molecule has 0 spiro atoms. The van der Waals surface area contributed by atoms with E-state index in [1.165, 1.54) is 5.56 Å². The molecule has 144 valence electrons. The van der Waals surface area contributed by atoms with Crippen molar-refractivity contribution in [2.45, 2.75) is 13.5 Å². The van der Waals surface area contributed by atoms with Gasteiger partial charge in [-0.1, -0.05) is 53.6 Å². The van der Waals surface area contributed by atoms with Crippen LogP contribution in [0.5, 0.6) is 5.75 Å². The highest BCUT2D eigenvalue weighted by Gasteiger charge is 2.24. The second-order valence-electron chi connectivity index (χ2n) is 6.69. The van der Waals surface area contributed by atoms with E-state index in [0.29, 0.717) is 17.2 Å². The van der Waals surface area contributed by atoms with Crippen molar-refractivity contribution in [1.82, 2.24) is 0 Å². The number of nitrogens with zero attached hydrogens (tertiary/aromatic N) is 1. The maximum Gasteiger partial charge on any atom is 0.363 e. The fraction of sp³-hybridized carbons (Fsp3) is 0.0833. The minimum atomic E-state index is -0.477. The SMILES string of the molecule is Cc1ccc(COc2ccc(/C=C3/N=C(c4ccc(Cl)cc4)OC3=O)cc2)cc1. The molecule has 4 nitrogen and oxygen atoms in total. The summed E-state index contributed by atoms with van der Waals surface area (Å²) in [6.45, 7) is 2.56. The van der Waals surface area contributed by atoms with Gasteiger partial charge < -0.3 is 9.47 Å². The van der Waals surface area contributed by atoms with Crippen LogP contribution in [0.4, 0.5) is 0 Å². The van der Waals surface area contributed by atoms with Gasteiger partial charge in [-0.05, 0) is 60.5 Å². The zero-order chi connectivity index (χ0) is 20.2. The topological polar surface area (TPSA) is 47.9 Å². The molecule has 3 aromatic rings. The van der Waals surface area contributed by atoms with Crippen LogP contribution in [0.2, 0.25) is 5.02 Å². The third kappa shape index (κ3) is 4.73. The van der Waals surface area contributed by atoms with Crippen molar-refractivity contribution in [1.29, 1.82) is 0 Å². The van der Waals surface area contributed by atoms with E-state index in [2.05, 4.69) is 36.2 Å². The van der Waals surface area contributed by atoms with E-state index >= 15 is 0 Å². The molecule has 0 saturated carbocycles. The van der Waals surface area contributed by atoms with Gasteiger partial charge in [-0.2, -0.15) is 0 Å². The minimum Gasteiger partial charge on any atom is -0.489 e. The number of aryl methyl sites for hydroxylation is 1. The molecule has 0 saturated heterocycles. The van der Waals surface area contributed by atoms with Crippen molar-refractivity contribution in [3.8, 4) is 5.75 Å². The first-order valence-corrected chi connectivity index (χ1v) is 9.51. The Bertz CT molecular complexity index is 1080. The number of carbonyl (C=O) groups is 1. The van der Waals surface area contributed by atoms with Crippen molar-refractivity contribution in [2.24, 2.45) is 4.99 Å². The van der Waals surface area contributed by atoms with Gasteiger partial charge in [0.05, 0.1) is 0 Å². The average Bonchev–Trinajstić information content (AvgIpc) is 3.09. The Labute approximate surface area is 174 Å². The highest BCUT2D eigenvalue weighted by Crippen LogP contribution is 2.22. The molecule has 1 aliphatic rings. The quantitative estimate of drug-likeness (QED) is 0.413. The second-order valence-corrected chi connectivity index (χ2v) is 7.12. The van der Waals surface area contributed by atoms with E-state index in [1.54, 1.807) is 30.3 Å². The molecule has 0 unspecified atom stereocenters. The van der Waals surface area contributed by atoms with E-state index in [4.69, 9.17) is 21.1 Å². The standard InChI is InChI=1S/C24H18ClNO3/c1-16-2-4-18(5-3-16)15-28-21-12-6-17(7-13-21)14-22-24(27)29-23(26-22)19-8-10-20(25)11-9-19/h2-14H,15H2,1H3/b22-14+. The molecule has 0 aliphatic carbocycles. The van der Waals surface area contributed by atoms with Gasteiger partial charge >= 0.3 is 5.97 Å². The van der Waals surface area contributed by atoms with Crippen LogP contribution in [0.3, 0.4) is 0 Å². The molecular formula is C24H18ClNO3. The van der Waals surface area contributed by atoms with Crippen LogP contribution in [0.25, 0.3) is 6.08 Å². The van der Waals surface area contributed by atoms with Crippen LogP contribution in [0.15, 0.2) is 83.5 Å². The van der Waals surface area contributed by atoms with Gasteiger partial charge in [0, 0.05) is 10.6 Å². The predicted molar refractivity (Wildman–Crippen MR) is 114 cm³/mol. The third-order valence-corrected chi connectivity index (χ3v) is 4.67. The molecular weight excluding hydrogens is 386 g/mol. The van der Waals surface area contributed by atoms with Crippen LogP contribution in [-0.2, 0) is 16.1 Å². The van der Waals surface area contributed by atoms with Gasteiger partial charge in [0.2, 0.25) is 5.90 Å². The summed E-state index contributed by atoms with van der Waals surface area (Å²) >= 11 is 5.89. The number of benzene rings is 3. The zero-order valence-corrected chi connectivity index (χ0v) is 16.5. The normalized spacial score (nSPS) is 14.6.